The Morgan fingerprint density at radius 3 is 3.00 bits per heavy atom. The second kappa shape index (κ2) is 4.85. The summed E-state index contributed by atoms with van der Waals surface area (Å²) in [6.07, 6.45) is 1.98. The van der Waals surface area contributed by atoms with Crippen LogP contribution in [0.4, 0.5) is 5.69 Å². The molecule has 1 aromatic rings. The molecular weight excluding hydrogens is 224 g/mol. The molecule has 2 rings (SSSR count). The summed E-state index contributed by atoms with van der Waals surface area (Å²) in [5, 5.41) is 6.78. The minimum atomic E-state index is -0.0462. The van der Waals surface area contributed by atoms with Crippen molar-refractivity contribution in [2.24, 2.45) is 0 Å². The SMILES string of the molecule is Cc1cc(Cl)ccc1NC(=O)[C@@H]1CCCN1. The quantitative estimate of drug-likeness (QED) is 0.831. The molecule has 16 heavy (non-hydrogen) atoms. The van der Waals surface area contributed by atoms with Crippen LogP contribution in [0.2, 0.25) is 5.02 Å². The maximum atomic E-state index is 11.8. The average Bonchev–Trinajstić information content (AvgIpc) is 2.75. The molecule has 86 valence electrons. The van der Waals surface area contributed by atoms with E-state index in [0.717, 1.165) is 30.6 Å². The van der Waals surface area contributed by atoms with Gasteiger partial charge in [0.25, 0.3) is 0 Å². The van der Waals surface area contributed by atoms with Gasteiger partial charge in [-0.15, -0.1) is 0 Å². The number of hydrogen-bond donors (Lipinski definition) is 2. The van der Waals surface area contributed by atoms with Gasteiger partial charge in [-0.3, -0.25) is 4.79 Å². The molecule has 0 saturated carbocycles. The van der Waals surface area contributed by atoms with Gasteiger partial charge in [0.1, 0.15) is 0 Å². The molecule has 1 aliphatic rings. The molecular formula is C12H15ClN2O. The van der Waals surface area contributed by atoms with Gasteiger partial charge in [0.2, 0.25) is 5.91 Å². The summed E-state index contributed by atoms with van der Waals surface area (Å²) in [5.74, 6) is 0.0444. The van der Waals surface area contributed by atoms with E-state index in [1.54, 1.807) is 6.07 Å². The Kier molecular flexibility index (Phi) is 3.46. The van der Waals surface area contributed by atoms with Crippen molar-refractivity contribution < 1.29 is 4.79 Å². The zero-order chi connectivity index (χ0) is 11.5. The summed E-state index contributed by atoms with van der Waals surface area (Å²) in [5.41, 5.74) is 1.82. The zero-order valence-corrected chi connectivity index (χ0v) is 9.97. The molecule has 1 heterocycles. The smallest absolute Gasteiger partial charge is 0.241 e. The summed E-state index contributed by atoms with van der Waals surface area (Å²) in [6.45, 7) is 2.86. The number of hydrogen-bond acceptors (Lipinski definition) is 2. The third-order valence-corrected chi connectivity index (χ3v) is 3.06. The highest BCUT2D eigenvalue weighted by atomic mass is 35.5. The van der Waals surface area contributed by atoms with Crippen LogP contribution >= 0.6 is 11.6 Å². The number of nitrogens with one attached hydrogen (secondary N) is 2. The third kappa shape index (κ3) is 2.54. The largest absolute Gasteiger partial charge is 0.324 e. The van der Waals surface area contributed by atoms with Gasteiger partial charge in [-0.2, -0.15) is 0 Å². The second-order valence-corrected chi connectivity index (χ2v) is 4.53. The van der Waals surface area contributed by atoms with Crippen molar-refractivity contribution in [3.63, 3.8) is 0 Å². The predicted molar refractivity (Wildman–Crippen MR) is 65.8 cm³/mol. The van der Waals surface area contributed by atoms with Crippen LogP contribution in [0.1, 0.15) is 18.4 Å². The fourth-order valence-corrected chi connectivity index (χ4v) is 2.12. The van der Waals surface area contributed by atoms with E-state index in [-0.39, 0.29) is 11.9 Å². The van der Waals surface area contributed by atoms with Gasteiger partial charge in [0.05, 0.1) is 6.04 Å². The van der Waals surface area contributed by atoms with Crippen LogP contribution in [0.15, 0.2) is 18.2 Å². The van der Waals surface area contributed by atoms with E-state index in [9.17, 15) is 4.79 Å². The van der Waals surface area contributed by atoms with Crippen molar-refractivity contribution in [2.45, 2.75) is 25.8 Å². The minimum Gasteiger partial charge on any atom is -0.324 e. The van der Waals surface area contributed by atoms with Gasteiger partial charge in [-0.05, 0) is 50.1 Å². The first kappa shape index (κ1) is 11.4. The first-order valence-corrected chi connectivity index (χ1v) is 5.85. The number of carbonyl (C=O) groups excluding carboxylic acids is 1. The predicted octanol–water partition coefficient (Wildman–Crippen LogP) is 2.34. The van der Waals surface area contributed by atoms with E-state index < -0.39 is 0 Å². The molecule has 0 aliphatic carbocycles. The molecule has 1 aliphatic heterocycles. The molecule has 3 nitrogen and oxygen atoms in total. The van der Waals surface area contributed by atoms with Crippen LogP contribution in [-0.4, -0.2) is 18.5 Å². The standard InChI is InChI=1S/C12H15ClN2O/c1-8-7-9(13)4-5-10(8)15-12(16)11-3-2-6-14-11/h4-5,7,11,14H,2-3,6H2,1H3,(H,15,16)/t11-/m0/s1. The van der Waals surface area contributed by atoms with Gasteiger partial charge in [-0.25, -0.2) is 0 Å². The zero-order valence-electron chi connectivity index (χ0n) is 9.22. The van der Waals surface area contributed by atoms with Gasteiger partial charge in [0.15, 0.2) is 0 Å². The van der Waals surface area contributed by atoms with Gasteiger partial charge in [-0.1, -0.05) is 11.6 Å². The maximum Gasteiger partial charge on any atom is 0.241 e. The van der Waals surface area contributed by atoms with E-state index in [4.69, 9.17) is 11.6 Å². The molecule has 1 aromatic carbocycles. The fraction of sp³-hybridized carbons (Fsp3) is 0.417. The molecule has 0 spiro atoms. The van der Waals surface area contributed by atoms with E-state index in [2.05, 4.69) is 10.6 Å². The molecule has 2 N–H and O–H groups in total. The van der Waals surface area contributed by atoms with Crippen molar-refractivity contribution in [3.05, 3.63) is 28.8 Å². The Morgan fingerprint density at radius 1 is 1.56 bits per heavy atom. The highest BCUT2D eigenvalue weighted by molar-refractivity contribution is 6.30. The molecule has 1 saturated heterocycles. The van der Waals surface area contributed by atoms with E-state index in [0.29, 0.717) is 5.02 Å². The summed E-state index contributed by atoms with van der Waals surface area (Å²) in [4.78, 5) is 11.8. The molecule has 0 bridgehead atoms. The van der Waals surface area contributed by atoms with Gasteiger partial charge < -0.3 is 10.6 Å². The molecule has 0 unspecified atom stereocenters. The number of amides is 1. The molecule has 1 amide bonds. The highest BCUT2D eigenvalue weighted by Gasteiger charge is 2.22. The molecule has 4 heteroatoms. The van der Waals surface area contributed by atoms with Gasteiger partial charge in [0, 0.05) is 10.7 Å². The average molecular weight is 239 g/mol. The summed E-state index contributed by atoms with van der Waals surface area (Å²) in [7, 11) is 0. The van der Waals surface area contributed by atoms with Crippen LogP contribution in [0.25, 0.3) is 0 Å². The lowest BCUT2D eigenvalue weighted by atomic mass is 10.1. The Morgan fingerprint density at radius 2 is 2.38 bits per heavy atom. The van der Waals surface area contributed by atoms with E-state index in [1.807, 2.05) is 19.1 Å². The van der Waals surface area contributed by atoms with Crippen LogP contribution in [0.5, 0.6) is 0 Å². The Labute approximate surface area is 100 Å². The summed E-state index contributed by atoms with van der Waals surface area (Å²) in [6, 6.07) is 5.42. The third-order valence-electron chi connectivity index (χ3n) is 2.82. The second-order valence-electron chi connectivity index (χ2n) is 4.10. The van der Waals surface area contributed by atoms with Crippen molar-refractivity contribution in [3.8, 4) is 0 Å². The topological polar surface area (TPSA) is 41.1 Å². The number of halogens is 1. The van der Waals surface area contributed by atoms with Crippen molar-refractivity contribution >= 4 is 23.2 Å². The van der Waals surface area contributed by atoms with Crippen molar-refractivity contribution in [2.75, 3.05) is 11.9 Å². The van der Waals surface area contributed by atoms with Gasteiger partial charge >= 0.3 is 0 Å². The lowest BCUT2D eigenvalue weighted by Gasteiger charge is -2.12. The molecule has 1 fully saturated rings. The van der Waals surface area contributed by atoms with Crippen LogP contribution in [-0.2, 0) is 4.79 Å². The summed E-state index contributed by atoms with van der Waals surface area (Å²) >= 11 is 5.86. The Hall–Kier alpha value is -1.06. The fourth-order valence-electron chi connectivity index (χ4n) is 1.90. The normalized spacial score (nSPS) is 19.8. The molecule has 1 atom stereocenters. The first-order chi connectivity index (χ1) is 7.66. The number of aryl methyl sites for hydroxylation is 1. The molecule has 0 radical (unpaired) electrons. The highest BCUT2D eigenvalue weighted by Crippen LogP contribution is 2.20. The van der Waals surface area contributed by atoms with Crippen molar-refractivity contribution in [1.82, 2.24) is 5.32 Å². The minimum absolute atomic E-state index is 0.0444. The summed E-state index contributed by atoms with van der Waals surface area (Å²) < 4.78 is 0. The monoisotopic (exact) mass is 238 g/mol. The van der Waals surface area contributed by atoms with E-state index >= 15 is 0 Å². The Balaban J connectivity index is 2.05. The van der Waals surface area contributed by atoms with Crippen molar-refractivity contribution in [1.29, 1.82) is 0 Å². The maximum absolute atomic E-state index is 11.8. The van der Waals surface area contributed by atoms with Crippen LogP contribution in [0.3, 0.4) is 0 Å². The van der Waals surface area contributed by atoms with Crippen LogP contribution < -0.4 is 10.6 Å². The number of benzene rings is 1. The van der Waals surface area contributed by atoms with E-state index in [1.165, 1.54) is 0 Å². The number of anilines is 1. The lowest BCUT2D eigenvalue weighted by Crippen LogP contribution is -2.35. The number of rotatable bonds is 2. The lowest BCUT2D eigenvalue weighted by molar-refractivity contribution is -0.117. The first-order valence-electron chi connectivity index (χ1n) is 5.47. The Bertz CT molecular complexity index is 400. The van der Waals surface area contributed by atoms with Crippen LogP contribution in [0, 0.1) is 6.92 Å². The molecule has 0 aromatic heterocycles. The number of carbonyl (C=O) groups is 1.